The zero-order chi connectivity index (χ0) is 12.1. The molecule has 1 aromatic heterocycles. The molecule has 0 aliphatic carbocycles. The molecular weight excluding hydrogens is 220 g/mol. The third kappa shape index (κ3) is 3.26. The minimum Gasteiger partial charge on any atom is -0.343 e. The second kappa shape index (κ2) is 5.77. The molecule has 0 atom stereocenters. The molecule has 0 radical (unpaired) electrons. The van der Waals surface area contributed by atoms with Crippen molar-refractivity contribution < 1.29 is 9.42 Å². The van der Waals surface area contributed by atoms with Gasteiger partial charge >= 0.3 is 0 Å². The lowest BCUT2D eigenvalue weighted by atomic mass is 10.3. The van der Waals surface area contributed by atoms with Gasteiger partial charge in [-0.25, -0.2) is 4.63 Å². The molecule has 1 fully saturated rings. The maximum Gasteiger partial charge on any atom is 0.223 e. The Balaban J connectivity index is 1.63. The molecule has 6 nitrogen and oxygen atoms in total. The van der Waals surface area contributed by atoms with Crippen molar-refractivity contribution in [3.8, 4) is 0 Å². The van der Waals surface area contributed by atoms with E-state index in [1.165, 1.54) is 0 Å². The number of amides is 1. The molecule has 6 heteroatoms. The fourth-order valence-corrected chi connectivity index (χ4v) is 1.94. The van der Waals surface area contributed by atoms with Crippen LogP contribution < -0.4 is 5.32 Å². The van der Waals surface area contributed by atoms with Gasteiger partial charge in [0.25, 0.3) is 0 Å². The Morgan fingerprint density at radius 1 is 1.41 bits per heavy atom. The summed E-state index contributed by atoms with van der Waals surface area (Å²) in [4.78, 5) is 13.6. The van der Waals surface area contributed by atoms with Gasteiger partial charge in [-0.3, -0.25) is 4.79 Å². The average molecular weight is 238 g/mol. The lowest BCUT2D eigenvalue weighted by Crippen LogP contribution is -2.30. The molecule has 1 saturated heterocycles. The van der Waals surface area contributed by atoms with Gasteiger partial charge in [0.05, 0.1) is 0 Å². The van der Waals surface area contributed by atoms with E-state index in [0.717, 1.165) is 37.3 Å². The molecule has 0 unspecified atom stereocenters. The number of nitrogens with one attached hydrogen (secondary N) is 1. The van der Waals surface area contributed by atoms with E-state index in [-0.39, 0.29) is 5.91 Å². The lowest BCUT2D eigenvalue weighted by molar-refractivity contribution is -0.130. The highest BCUT2D eigenvalue weighted by atomic mass is 16.6. The summed E-state index contributed by atoms with van der Waals surface area (Å²) in [6.45, 7) is 4.96. The third-order valence-corrected chi connectivity index (χ3v) is 3.01. The monoisotopic (exact) mass is 238 g/mol. The smallest absolute Gasteiger partial charge is 0.223 e. The zero-order valence-corrected chi connectivity index (χ0v) is 10.1. The van der Waals surface area contributed by atoms with Crippen molar-refractivity contribution in [1.29, 1.82) is 0 Å². The molecule has 0 saturated carbocycles. The molecule has 1 amide bonds. The molecule has 94 valence electrons. The summed E-state index contributed by atoms with van der Waals surface area (Å²) in [6.07, 6.45) is 2.83. The fourth-order valence-electron chi connectivity index (χ4n) is 1.94. The van der Waals surface area contributed by atoms with Crippen LogP contribution in [0.3, 0.4) is 0 Å². The van der Waals surface area contributed by atoms with Gasteiger partial charge in [-0.15, -0.1) is 0 Å². The van der Waals surface area contributed by atoms with Gasteiger partial charge in [0.15, 0.2) is 0 Å². The van der Waals surface area contributed by atoms with E-state index in [0.29, 0.717) is 19.5 Å². The van der Waals surface area contributed by atoms with Crippen LogP contribution in [0.25, 0.3) is 0 Å². The maximum absolute atomic E-state index is 11.7. The van der Waals surface area contributed by atoms with Crippen molar-refractivity contribution in [2.45, 2.75) is 32.7 Å². The number of hydrogen-bond donors (Lipinski definition) is 1. The topological polar surface area (TPSA) is 71.3 Å². The summed E-state index contributed by atoms with van der Waals surface area (Å²) in [5.74, 6) is 0.241. The van der Waals surface area contributed by atoms with Crippen LogP contribution in [0.2, 0.25) is 0 Å². The number of carbonyl (C=O) groups is 1. The van der Waals surface area contributed by atoms with E-state index in [1.54, 1.807) is 0 Å². The molecule has 0 bridgehead atoms. The standard InChI is InChI=1S/C11H18N4O2/c1-9-10(14-17-13-9)8-12-5-4-11(16)15-6-2-3-7-15/h12H,2-8H2,1H3. The van der Waals surface area contributed by atoms with Crippen molar-refractivity contribution in [2.24, 2.45) is 0 Å². The second-order valence-corrected chi connectivity index (χ2v) is 4.31. The molecule has 1 aliphatic heterocycles. The molecule has 2 rings (SSSR count). The highest BCUT2D eigenvalue weighted by Crippen LogP contribution is 2.08. The molecule has 0 spiro atoms. The first kappa shape index (κ1) is 12.0. The van der Waals surface area contributed by atoms with Gasteiger partial charge in [0.2, 0.25) is 5.91 Å². The number of hydrogen-bond acceptors (Lipinski definition) is 5. The van der Waals surface area contributed by atoms with E-state index >= 15 is 0 Å². The summed E-state index contributed by atoms with van der Waals surface area (Å²) in [5, 5.41) is 10.6. The molecule has 1 aliphatic rings. The fraction of sp³-hybridized carbons (Fsp3) is 0.727. The van der Waals surface area contributed by atoms with Crippen LogP contribution in [-0.2, 0) is 11.3 Å². The minimum absolute atomic E-state index is 0.241. The maximum atomic E-state index is 11.7. The Bertz CT molecular complexity index is 371. The molecular formula is C11H18N4O2. The van der Waals surface area contributed by atoms with Crippen LogP contribution in [0.15, 0.2) is 4.63 Å². The second-order valence-electron chi connectivity index (χ2n) is 4.31. The Kier molecular flexibility index (Phi) is 4.08. The molecule has 0 aromatic carbocycles. The van der Waals surface area contributed by atoms with E-state index in [1.807, 2.05) is 11.8 Å². The van der Waals surface area contributed by atoms with E-state index in [4.69, 9.17) is 0 Å². The first-order valence-electron chi connectivity index (χ1n) is 6.04. The summed E-state index contributed by atoms with van der Waals surface area (Å²) in [7, 11) is 0. The number of carbonyl (C=O) groups excluding carboxylic acids is 1. The Morgan fingerprint density at radius 2 is 2.18 bits per heavy atom. The van der Waals surface area contributed by atoms with Crippen LogP contribution in [0, 0.1) is 6.92 Å². The Hall–Kier alpha value is -1.43. The van der Waals surface area contributed by atoms with Gasteiger partial charge in [0, 0.05) is 32.6 Å². The average Bonchev–Trinajstić information content (AvgIpc) is 2.96. The summed E-state index contributed by atoms with van der Waals surface area (Å²) in [6, 6.07) is 0. The number of likely N-dealkylation sites (tertiary alicyclic amines) is 1. The van der Waals surface area contributed by atoms with Gasteiger partial charge in [0.1, 0.15) is 11.4 Å². The number of nitrogens with zero attached hydrogens (tertiary/aromatic N) is 3. The predicted molar refractivity (Wildman–Crippen MR) is 61.2 cm³/mol. The van der Waals surface area contributed by atoms with E-state index < -0.39 is 0 Å². The highest BCUT2D eigenvalue weighted by Gasteiger charge is 2.16. The number of aryl methyl sites for hydroxylation is 1. The van der Waals surface area contributed by atoms with Crippen molar-refractivity contribution >= 4 is 5.91 Å². The number of rotatable bonds is 5. The number of aromatic nitrogens is 2. The van der Waals surface area contributed by atoms with Crippen molar-refractivity contribution in [3.05, 3.63) is 11.4 Å². The van der Waals surface area contributed by atoms with Crippen LogP contribution >= 0.6 is 0 Å². The summed E-state index contributed by atoms with van der Waals surface area (Å²) < 4.78 is 4.59. The van der Waals surface area contributed by atoms with Gasteiger partial charge < -0.3 is 10.2 Å². The van der Waals surface area contributed by atoms with Gasteiger partial charge in [-0.1, -0.05) is 10.3 Å². The summed E-state index contributed by atoms with van der Waals surface area (Å²) in [5.41, 5.74) is 1.60. The molecule has 17 heavy (non-hydrogen) atoms. The van der Waals surface area contributed by atoms with Crippen molar-refractivity contribution in [1.82, 2.24) is 20.5 Å². The highest BCUT2D eigenvalue weighted by molar-refractivity contribution is 5.76. The summed E-state index contributed by atoms with van der Waals surface area (Å²) >= 11 is 0. The first-order chi connectivity index (χ1) is 8.27. The van der Waals surface area contributed by atoms with Gasteiger partial charge in [-0.05, 0) is 19.8 Å². The van der Waals surface area contributed by atoms with Gasteiger partial charge in [-0.2, -0.15) is 0 Å². The third-order valence-electron chi connectivity index (χ3n) is 3.01. The van der Waals surface area contributed by atoms with Crippen LogP contribution in [0.4, 0.5) is 0 Å². The van der Waals surface area contributed by atoms with Crippen LogP contribution in [-0.4, -0.2) is 40.8 Å². The molecule has 1 N–H and O–H groups in total. The SMILES string of the molecule is Cc1nonc1CNCCC(=O)N1CCCC1. The van der Waals surface area contributed by atoms with Crippen LogP contribution in [0.5, 0.6) is 0 Å². The first-order valence-corrected chi connectivity index (χ1v) is 6.04. The minimum atomic E-state index is 0.241. The Labute approximate surface area is 100 Å². The molecule has 2 heterocycles. The van der Waals surface area contributed by atoms with Crippen molar-refractivity contribution in [2.75, 3.05) is 19.6 Å². The normalized spacial score (nSPS) is 15.5. The van der Waals surface area contributed by atoms with Crippen molar-refractivity contribution in [3.63, 3.8) is 0 Å². The van der Waals surface area contributed by atoms with E-state index in [2.05, 4.69) is 20.3 Å². The largest absolute Gasteiger partial charge is 0.343 e. The van der Waals surface area contributed by atoms with Crippen LogP contribution in [0.1, 0.15) is 30.7 Å². The lowest BCUT2D eigenvalue weighted by Gasteiger charge is -2.14. The Morgan fingerprint density at radius 3 is 2.82 bits per heavy atom. The molecule has 1 aromatic rings. The quantitative estimate of drug-likeness (QED) is 0.755. The zero-order valence-electron chi connectivity index (χ0n) is 10.1. The predicted octanol–water partition coefficient (Wildman–Crippen LogP) is 0.480. The van der Waals surface area contributed by atoms with E-state index in [9.17, 15) is 4.79 Å².